The van der Waals surface area contributed by atoms with Gasteiger partial charge in [-0.2, -0.15) is 13.2 Å². The number of halogens is 3. The minimum Gasteiger partial charge on any atom is -0.381 e. The second-order valence-electron chi connectivity index (χ2n) is 4.60. The van der Waals surface area contributed by atoms with Gasteiger partial charge in [0.2, 0.25) is 0 Å². The van der Waals surface area contributed by atoms with Crippen molar-refractivity contribution >= 4 is 5.69 Å². The van der Waals surface area contributed by atoms with Crippen LogP contribution in [0.4, 0.5) is 18.9 Å². The summed E-state index contributed by atoms with van der Waals surface area (Å²) in [5.74, 6) is 0. The average Bonchev–Trinajstić information content (AvgIpc) is 2.76. The number of anilines is 1. The highest BCUT2D eigenvalue weighted by molar-refractivity contribution is 5.47. The lowest BCUT2D eigenvalue weighted by atomic mass is 10.1. The van der Waals surface area contributed by atoms with Crippen LogP contribution in [0.5, 0.6) is 0 Å². The summed E-state index contributed by atoms with van der Waals surface area (Å²) in [5, 5.41) is 3.18. The zero-order chi connectivity index (χ0) is 13.2. The molecule has 1 unspecified atom stereocenters. The van der Waals surface area contributed by atoms with Gasteiger partial charge < -0.3 is 10.2 Å². The fourth-order valence-corrected chi connectivity index (χ4v) is 2.26. The normalized spacial score (nSPS) is 21.2. The first kappa shape index (κ1) is 13.2. The Labute approximate surface area is 105 Å². The monoisotopic (exact) mass is 258 g/mol. The fraction of sp³-hybridized carbons (Fsp3) is 0.538. The molecule has 5 heteroatoms. The van der Waals surface area contributed by atoms with E-state index in [2.05, 4.69) is 17.1 Å². The largest absolute Gasteiger partial charge is 0.416 e. The van der Waals surface area contributed by atoms with Gasteiger partial charge in [-0.15, -0.1) is 0 Å². The maximum atomic E-state index is 12.6. The van der Waals surface area contributed by atoms with Crippen LogP contribution in [0.25, 0.3) is 0 Å². The molecule has 2 rings (SSSR count). The van der Waals surface area contributed by atoms with Crippen molar-refractivity contribution in [2.75, 3.05) is 25.0 Å². The molecule has 0 aromatic heterocycles. The van der Waals surface area contributed by atoms with E-state index in [1.165, 1.54) is 12.1 Å². The quantitative estimate of drug-likeness (QED) is 0.895. The average molecular weight is 258 g/mol. The number of nitrogens with zero attached hydrogens (tertiary/aromatic N) is 1. The van der Waals surface area contributed by atoms with Crippen molar-refractivity contribution < 1.29 is 13.2 Å². The summed E-state index contributed by atoms with van der Waals surface area (Å²) >= 11 is 0. The van der Waals surface area contributed by atoms with Gasteiger partial charge in [-0.3, -0.25) is 0 Å². The minimum absolute atomic E-state index is 0.244. The van der Waals surface area contributed by atoms with Crippen LogP contribution in [-0.2, 0) is 6.18 Å². The van der Waals surface area contributed by atoms with Gasteiger partial charge in [-0.1, -0.05) is 13.0 Å². The first-order valence-corrected chi connectivity index (χ1v) is 6.15. The Morgan fingerprint density at radius 2 is 2.17 bits per heavy atom. The van der Waals surface area contributed by atoms with Crippen molar-refractivity contribution in [3.8, 4) is 0 Å². The van der Waals surface area contributed by atoms with Gasteiger partial charge in [0.25, 0.3) is 0 Å². The number of hydrogen-bond acceptors (Lipinski definition) is 2. The standard InChI is InChI=1S/C13H17F3N2/c1-2-18-7-6-12(9-18)17-11-5-3-4-10(8-11)13(14,15)16/h3-5,8,12,17H,2,6-7,9H2,1H3. The lowest BCUT2D eigenvalue weighted by Crippen LogP contribution is -2.26. The number of hydrogen-bond donors (Lipinski definition) is 1. The Morgan fingerprint density at radius 1 is 1.39 bits per heavy atom. The predicted molar refractivity (Wildman–Crippen MR) is 65.6 cm³/mol. The number of likely N-dealkylation sites (N-methyl/N-ethyl adjacent to an activating group) is 1. The van der Waals surface area contributed by atoms with Crippen LogP contribution in [-0.4, -0.2) is 30.6 Å². The molecule has 18 heavy (non-hydrogen) atoms. The summed E-state index contributed by atoms with van der Waals surface area (Å²) in [6.07, 6.45) is -3.30. The summed E-state index contributed by atoms with van der Waals surface area (Å²) in [6, 6.07) is 5.64. The van der Waals surface area contributed by atoms with Crippen molar-refractivity contribution in [3.05, 3.63) is 29.8 Å². The zero-order valence-electron chi connectivity index (χ0n) is 10.3. The Kier molecular flexibility index (Phi) is 3.80. The van der Waals surface area contributed by atoms with Crippen LogP contribution in [0.1, 0.15) is 18.9 Å². The van der Waals surface area contributed by atoms with E-state index in [-0.39, 0.29) is 6.04 Å². The molecule has 0 bridgehead atoms. The first-order chi connectivity index (χ1) is 8.49. The molecule has 0 spiro atoms. The SMILES string of the molecule is CCN1CCC(Nc2cccc(C(F)(F)F)c2)C1. The van der Waals surface area contributed by atoms with Crippen molar-refractivity contribution in [3.63, 3.8) is 0 Å². The van der Waals surface area contributed by atoms with Crippen LogP contribution < -0.4 is 5.32 Å². The third kappa shape index (κ3) is 3.16. The summed E-state index contributed by atoms with van der Waals surface area (Å²) in [4.78, 5) is 2.28. The second kappa shape index (κ2) is 5.18. The molecule has 0 saturated carbocycles. The molecule has 100 valence electrons. The van der Waals surface area contributed by atoms with E-state index < -0.39 is 11.7 Å². The van der Waals surface area contributed by atoms with Crippen molar-refractivity contribution in [1.82, 2.24) is 4.90 Å². The molecular formula is C13H17F3N2. The molecule has 1 aliphatic rings. The number of nitrogens with one attached hydrogen (secondary N) is 1. The molecule has 1 N–H and O–H groups in total. The third-order valence-corrected chi connectivity index (χ3v) is 3.28. The van der Waals surface area contributed by atoms with Gasteiger partial charge in [0.15, 0.2) is 0 Å². The van der Waals surface area contributed by atoms with E-state index >= 15 is 0 Å². The van der Waals surface area contributed by atoms with Crippen LogP contribution in [0.2, 0.25) is 0 Å². The number of likely N-dealkylation sites (tertiary alicyclic amines) is 1. The minimum atomic E-state index is -4.27. The van der Waals surface area contributed by atoms with E-state index in [1.54, 1.807) is 6.07 Å². The lowest BCUT2D eigenvalue weighted by Gasteiger charge is -2.16. The molecule has 1 aliphatic heterocycles. The lowest BCUT2D eigenvalue weighted by molar-refractivity contribution is -0.137. The highest BCUT2D eigenvalue weighted by atomic mass is 19.4. The van der Waals surface area contributed by atoms with E-state index in [4.69, 9.17) is 0 Å². The van der Waals surface area contributed by atoms with Crippen LogP contribution in [0.15, 0.2) is 24.3 Å². The maximum absolute atomic E-state index is 12.6. The first-order valence-electron chi connectivity index (χ1n) is 6.15. The number of benzene rings is 1. The zero-order valence-corrected chi connectivity index (χ0v) is 10.3. The molecule has 0 amide bonds. The van der Waals surface area contributed by atoms with Crippen LogP contribution in [0, 0.1) is 0 Å². The summed E-state index contributed by atoms with van der Waals surface area (Å²) in [5.41, 5.74) is -0.0503. The van der Waals surface area contributed by atoms with Gasteiger partial charge in [-0.25, -0.2) is 0 Å². The van der Waals surface area contributed by atoms with Gasteiger partial charge in [-0.05, 0) is 31.2 Å². The smallest absolute Gasteiger partial charge is 0.381 e. The Morgan fingerprint density at radius 3 is 2.78 bits per heavy atom. The molecule has 1 saturated heterocycles. The van der Waals surface area contributed by atoms with Gasteiger partial charge in [0, 0.05) is 24.8 Å². The summed E-state index contributed by atoms with van der Waals surface area (Å²) in [7, 11) is 0. The van der Waals surface area contributed by atoms with Gasteiger partial charge in [0.05, 0.1) is 5.56 Å². The van der Waals surface area contributed by atoms with E-state index in [0.29, 0.717) is 5.69 Å². The number of rotatable bonds is 3. The van der Waals surface area contributed by atoms with Gasteiger partial charge in [0.1, 0.15) is 0 Å². The molecule has 1 aromatic rings. The maximum Gasteiger partial charge on any atom is 0.416 e. The molecule has 0 aliphatic carbocycles. The van der Waals surface area contributed by atoms with E-state index in [1.807, 2.05) is 0 Å². The summed E-state index contributed by atoms with van der Waals surface area (Å²) < 4.78 is 37.7. The number of alkyl halides is 3. The fourth-order valence-electron chi connectivity index (χ4n) is 2.26. The molecule has 0 radical (unpaired) electrons. The molecule has 1 aromatic carbocycles. The Balaban J connectivity index is 2.02. The molecule has 1 fully saturated rings. The highest BCUT2D eigenvalue weighted by Crippen LogP contribution is 2.31. The summed E-state index contributed by atoms with van der Waals surface area (Å²) in [6.45, 7) is 4.98. The molecule has 2 nitrogen and oxygen atoms in total. The Bertz CT molecular complexity index is 403. The second-order valence-corrected chi connectivity index (χ2v) is 4.60. The van der Waals surface area contributed by atoms with Gasteiger partial charge >= 0.3 is 6.18 Å². The van der Waals surface area contributed by atoms with Crippen molar-refractivity contribution in [2.24, 2.45) is 0 Å². The van der Waals surface area contributed by atoms with Crippen LogP contribution >= 0.6 is 0 Å². The Hall–Kier alpha value is -1.23. The predicted octanol–water partition coefficient (Wildman–Crippen LogP) is 3.21. The van der Waals surface area contributed by atoms with Crippen molar-refractivity contribution in [2.45, 2.75) is 25.6 Å². The topological polar surface area (TPSA) is 15.3 Å². The molecule has 1 heterocycles. The molecule has 1 atom stereocenters. The third-order valence-electron chi connectivity index (χ3n) is 3.28. The van der Waals surface area contributed by atoms with E-state index in [9.17, 15) is 13.2 Å². The van der Waals surface area contributed by atoms with E-state index in [0.717, 1.165) is 32.1 Å². The van der Waals surface area contributed by atoms with Crippen molar-refractivity contribution in [1.29, 1.82) is 0 Å². The highest BCUT2D eigenvalue weighted by Gasteiger charge is 2.30. The molecular weight excluding hydrogens is 241 g/mol. The van der Waals surface area contributed by atoms with Crippen LogP contribution in [0.3, 0.4) is 0 Å².